The standard InChI is InChI=1S/C56H40N3O7P3/c60-45-36-38-46(39-37-45)61-67(62-52-31-11-21-40-16-1-6-26-47(40)52)57-68(63-53-32-12-22-41-17-2-7-27-48(41)53,64-54-33-13-23-42-18-3-8-28-49(42)54)59-69(58-67,65-55-34-14-24-43-19-4-9-29-50(43)55)66-56-35-15-25-44-20-5-10-30-51(44)56/h1-39,60H. The second-order valence-electron chi connectivity index (χ2n) is 16.2. The van der Waals surface area contributed by atoms with E-state index in [1.54, 1.807) is 12.1 Å². The highest BCUT2D eigenvalue weighted by atomic mass is 31.3. The number of hydrogen-bond acceptors (Lipinski definition) is 10. The van der Waals surface area contributed by atoms with Crippen molar-refractivity contribution in [2.24, 2.45) is 13.5 Å². The van der Waals surface area contributed by atoms with E-state index < -0.39 is 23.0 Å². The maximum atomic E-state index is 10.5. The fourth-order valence-corrected chi connectivity index (χ4v) is 17.6. The Kier molecular flexibility index (Phi) is 10.8. The van der Waals surface area contributed by atoms with Crippen LogP contribution in [0, 0.1) is 0 Å². The normalized spacial score (nSPS) is 15.9. The highest BCUT2D eigenvalue weighted by Crippen LogP contribution is 2.79. The molecule has 0 amide bonds. The first-order valence-corrected chi connectivity index (χ1v) is 26.8. The molecular formula is C56H40N3O7P3. The zero-order valence-corrected chi connectivity index (χ0v) is 39.3. The first-order chi connectivity index (χ1) is 33.9. The molecule has 1 aliphatic heterocycles. The highest BCUT2D eigenvalue weighted by molar-refractivity contribution is 7.79. The molecule has 0 aromatic heterocycles. The molecule has 0 spiro atoms. The molecule has 1 aliphatic rings. The molecule has 1 heterocycles. The average molecular weight is 960 g/mol. The van der Waals surface area contributed by atoms with Crippen LogP contribution in [0.5, 0.6) is 40.2 Å². The number of phenols is 1. The van der Waals surface area contributed by atoms with Crippen LogP contribution in [0.3, 0.4) is 0 Å². The summed E-state index contributed by atoms with van der Waals surface area (Å²) in [5, 5.41) is 19.1. The van der Waals surface area contributed by atoms with Crippen molar-refractivity contribution in [3.05, 3.63) is 237 Å². The van der Waals surface area contributed by atoms with Gasteiger partial charge in [-0.1, -0.05) is 196 Å². The van der Waals surface area contributed by atoms with Crippen LogP contribution in [0.15, 0.2) is 250 Å². The Morgan fingerprint density at radius 2 is 0.478 bits per heavy atom. The Hall–Kier alpha value is -7.99. The van der Waals surface area contributed by atoms with Crippen molar-refractivity contribution in [2.45, 2.75) is 0 Å². The molecule has 1 N–H and O–H groups in total. The van der Waals surface area contributed by atoms with E-state index in [1.165, 1.54) is 12.1 Å². The summed E-state index contributed by atoms with van der Waals surface area (Å²) in [4.78, 5) is 0. The number of phenolic OH excluding ortho intramolecular Hbond substituents is 1. The summed E-state index contributed by atoms with van der Waals surface area (Å²) in [5.41, 5.74) is 0. The molecule has 0 aliphatic carbocycles. The number of fused-ring (bicyclic) bond motifs is 5. The van der Waals surface area contributed by atoms with Crippen molar-refractivity contribution in [1.29, 1.82) is 0 Å². The predicted octanol–water partition coefficient (Wildman–Crippen LogP) is 17.8. The summed E-state index contributed by atoms with van der Waals surface area (Å²) < 4.78 is 61.1. The zero-order chi connectivity index (χ0) is 46.3. The molecule has 11 aromatic carbocycles. The number of nitrogens with zero attached hydrogens (tertiary/aromatic N) is 3. The minimum absolute atomic E-state index is 0.0399. The van der Waals surface area contributed by atoms with E-state index in [-0.39, 0.29) is 11.5 Å². The maximum Gasteiger partial charge on any atom is 0.460 e. The van der Waals surface area contributed by atoms with Crippen molar-refractivity contribution in [3.63, 3.8) is 0 Å². The van der Waals surface area contributed by atoms with E-state index in [0.717, 1.165) is 53.9 Å². The van der Waals surface area contributed by atoms with E-state index in [0.29, 0.717) is 28.7 Å². The first kappa shape index (κ1) is 42.4. The van der Waals surface area contributed by atoms with Gasteiger partial charge in [-0.2, -0.15) is 0 Å². The summed E-state index contributed by atoms with van der Waals surface area (Å²) >= 11 is 0. The fraction of sp³-hybridized carbons (Fsp3) is 0. The lowest BCUT2D eigenvalue weighted by molar-refractivity contribution is 0.445. The Morgan fingerprint density at radius 1 is 0.246 bits per heavy atom. The Morgan fingerprint density at radius 3 is 0.754 bits per heavy atom. The van der Waals surface area contributed by atoms with E-state index in [2.05, 4.69) is 0 Å². The monoisotopic (exact) mass is 959 g/mol. The molecule has 336 valence electrons. The van der Waals surface area contributed by atoms with Gasteiger partial charge in [-0.3, -0.25) is 0 Å². The maximum absolute atomic E-state index is 10.5. The van der Waals surface area contributed by atoms with Gasteiger partial charge in [0.05, 0.1) is 0 Å². The third-order valence-corrected chi connectivity index (χ3v) is 19.6. The molecule has 0 saturated heterocycles. The molecule has 1 unspecified atom stereocenters. The van der Waals surface area contributed by atoms with Gasteiger partial charge in [0.25, 0.3) is 0 Å². The van der Waals surface area contributed by atoms with Crippen LogP contribution < -0.4 is 27.1 Å². The molecule has 0 saturated carbocycles. The summed E-state index contributed by atoms with van der Waals surface area (Å²) in [5.74, 6) is 2.52. The van der Waals surface area contributed by atoms with Crippen molar-refractivity contribution in [2.75, 3.05) is 0 Å². The topological polar surface area (TPSA) is 113 Å². The Labute approximate surface area is 397 Å². The van der Waals surface area contributed by atoms with Gasteiger partial charge < -0.3 is 32.2 Å². The van der Waals surface area contributed by atoms with Gasteiger partial charge in [0.15, 0.2) is 0 Å². The molecule has 0 radical (unpaired) electrons. The van der Waals surface area contributed by atoms with Crippen LogP contribution in [0.1, 0.15) is 0 Å². The van der Waals surface area contributed by atoms with Crippen LogP contribution in [-0.2, 0) is 0 Å². The number of hydrogen-bond donors (Lipinski definition) is 1. The number of rotatable bonds is 12. The predicted molar refractivity (Wildman–Crippen MR) is 280 cm³/mol. The van der Waals surface area contributed by atoms with E-state index in [9.17, 15) is 5.11 Å². The third-order valence-electron chi connectivity index (χ3n) is 11.6. The van der Waals surface area contributed by atoms with E-state index in [1.807, 2.05) is 212 Å². The molecule has 13 heteroatoms. The zero-order valence-electron chi connectivity index (χ0n) is 36.6. The molecule has 0 fully saturated rings. The molecule has 10 nitrogen and oxygen atoms in total. The summed E-state index contributed by atoms with van der Waals surface area (Å²) in [6.07, 6.45) is 0. The second-order valence-corrected chi connectivity index (χ2v) is 22.4. The summed E-state index contributed by atoms with van der Waals surface area (Å²) in [6, 6.07) is 75.0. The van der Waals surface area contributed by atoms with Crippen LogP contribution >= 0.6 is 23.0 Å². The van der Waals surface area contributed by atoms with Crippen molar-refractivity contribution >= 4 is 76.8 Å². The summed E-state index contributed by atoms with van der Waals surface area (Å²) in [6.45, 7) is 0. The molecule has 11 aromatic rings. The van der Waals surface area contributed by atoms with Gasteiger partial charge in [-0.15, -0.1) is 0 Å². The van der Waals surface area contributed by atoms with Crippen molar-refractivity contribution in [3.8, 4) is 40.2 Å². The summed E-state index contributed by atoms with van der Waals surface area (Å²) in [7, 11) is -13.0. The van der Waals surface area contributed by atoms with Gasteiger partial charge in [0.2, 0.25) is 0 Å². The third kappa shape index (κ3) is 8.40. The highest BCUT2D eigenvalue weighted by Gasteiger charge is 2.49. The number of aromatic hydroxyl groups is 1. The SMILES string of the molecule is Oc1ccc(OP2(Oc3cccc4ccccc34)=NP(Oc3cccc4ccccc34)(Oc3cccc4ccccc34)=NP(Oc3cccc4ccccc34)(Oc3cccc4ccccc34)=N2)cc1. The minimum Gasteiger partial charge on any atom is -0.508 e. The van der Waals surface area contributed by atoms with Gasteiger partial charge in [0, 0.05) is 26.9 Å². The van der Waals surface area contributed by atoms with Gasteiger partial charge in [0.1, 0.15) is 40.2 Å². The van der Waals surface area contributed by atoms with E-state index in [4.69, 9.17) is 40.7 Å². The second kappa shape index (κ2) is 17.6. The molecular weight excluding hydrogens is 920 g/mol. The van der Waals surface area contributed by atoms with E-state index >= 15 is 0 Å². The van der Waals surface area contributed by atoms with Gasteiger partial charge in [-0.25, -0.2) is 0 Å². The largest absolute Gasteiger partial charge is 0.508 e. The first-order valence-electron chi connectivity index (χ1n) is 22.2. The van der Waals surface area contributed by atoms with Crippen LogP contribution in [-0.4, -0.2) is 5.11 Å². The number of benzene rings is 11. The lowest BCUT2D eigenvalue weighted by atomic mass is 10.1. The quantitative estimate of drug-likeness (QED) is 0.121. The molecule has 12 rings (SSSR count). The molecule has 1 atom stereocenters. The molecule has 69 heavy (non-hydrogen) atoms. The van der Waals surface area contributed by atoms with Crippen molar-refractivity contribution in [1.82, 2.24) is 0 Å². The van der Waals surface area contributed by atoms with Crippen LogP contribution in [0.4, 0.5) is 0 Å². The van der Waals surface area contributed by atoms with Crippen LogP contribution in [0.2, 0.25) is 0 Å². The van der Waals surface area contributed by atoms with Gasteiger partial charge >= 0.3 is 23.0 Å². The smallest absolute Gasteiger partial charge is 0.460 e. The van der Waals surface area contributed by atoms with Gasteiger partial charge in [-0.05, 0) is 81.5 Å². The average Bonchev–Trinajstić information content (AvgIpc) is 3.37. The fourth-order valence-electron chi connectivity index (χ4n) is 8.42. The molecule has 0 bridgehead atoms. The Bertz CT molecular complexity index is 3600. The minimum atomic E-state index is -4.32. The van der Waals surface area contributed by atoms with Crippen LogP contribution in [0.25, 0.3) is 53.9 Å². The Balaban J connectivity index is 1.23. The lowest BCUT2D eigenvalue weighted by Gasteiger charge is -2.33. The van der Waals surface area contributed by atoms with Crippen molar-refractivity contribution < 1.29 is 32.2 Å². The lowest BCUT2D eigenvalue weighted by Crippen LogP contribution is -2.11.